The highest BCUT2D eigenvalue weighted by molar-refractivity contribution is 5.88. The van der Waals surface area contributed by atoms with Crippen molar-refractivity contribution in [2.24, 2.45) is 23.7 Å². The van der Waals surface area contributed by atoms with Crippen LogP contribution in [0.5, 0.6) is 0 Å². The summed E-state index contributed by atoms with van der Waals surface area (Å²) in [5.41, 5.74) is 0. The van der Waals surface area contributed by atoms with E-state index >= 15 is 0 Å². The first-order chi connectivity index (χ1) is 8.93. The molecule has 0 saturated heterocycles. The highest BCUT2D eigenvalue weighted by Crippen LogP contribution is 2.36. The highest BCUT2D eigenvalue weighted by atomic mass is 16.5. The minimum atomic E-state index is -1.16. The van der Waals surface area contributed by atoms with Gasteiger partial charge >= 0.3 is 17.9 Å². The third-order valence-corrected chi connectivity index (χ3v) is 3.28. The number of carbonyl (C=O) groups is 3. The number of hydrogen-bond donors (Lipinski definition) is 1. The van der Waals surface area contributed by atoms with Crippen molar-refractivity contribution >= 4 is 17.9 Å². The predicted octanol–water partition coefficient (Wildman–Crippen LogP) is 0.862. The number of hydrogen-bond acceptors (Lipinski definition) is 5. The zero-order chi connectivity index (χ0) is 14.6. The van der Waals surface area contributed by atoms with Gasteiger partial charge in [0.15, 0.2) is 0 Å². The monoisotopic (exact) mass is 270 g/mol. The molecule has 1 aliphatic rings. The lowest BCUT2D eigenvalue weighted by atomic mass is 9.71. The Hall–Kier alpha value is -1.85. The van der Waals surface area contributed by atoms with Crippen molar-refractivity contribution in [2.45, 2.75) is 13.8 Å². The fraction of sp³-hybridized carbons (Fsp3) is 0.615. The maximum Gasteiger partial charge on any atom is 0.311 e. The Morgan fingerprint density at radius 3 is 2.26 bits per heavy atom. The van der Waals surface area contributed by atoms with Crippen molar-refractivity contribution in [1.82, 2.24) is 0 Å². The average molecular weight is 270 g/mol. The van der Waals surface area contributed by atoms with Crippen molar-refractivity contribution in [2.75, 3.05) is 13.7 Å². The normalized spacial score (nSPS) is 29.6. The Morgan fingerprint density at radius 2 is 1.79 bits per heavy atom. The molecule has 0 aromatic rings. The van der Waals surface area contributed by atoms with Crippen LogP contribution in [0.2, 0.25) is 0 Å². The molecule has 4 unspecified atom stereocenters. The molecule has 0 heterocycles. The van der Waals surface area contributed by atoms with Gasteiger partial charge in [0.2, 0.25) is 0 Å². The number of methoxy groups -OCH3 is 1. The molecule has 0 saturated carbocycles. The Morgan fingerprint density at radius 1 is 1.16 bits per heavy atom. The van der Waals surface area contributed by atoms with Gasteiger partial charge < -0.3 is 14.6 Å². The molecule has 1 aliphatic carbocycles. The molecule has 1 rings (SSSR count). The number of esters is 2. The maximum absolute atomic E-state index is 12.0. The first kappa shape index (κ1) is 15.2. The largest absolute Gasteiger partial charge is 0.481 e. The molecule has 0 spiro atoms. The summed E-state index contributed by atoms with van der Waals surface area (Å²) in [6.07, 6.45) is 3.06. The molecule has 0 aromatic carbocycles. The molecular formula is C13H18O6. The summed E-state index contributed by atoms with van der Waals surface area (Å²) < 4.78 is 9.56. The van der Waals surface area contributed by atoms with E-state index in [4.69, 9.17) is 9.84 Å². The second-order valence-electron chi connectivity index (χ2n) is 4.43. The van der Waals surface area contributed by atoms with Gasteiger partial charge in [0.1, 0.15) is 0 Å². The first-order valence-electron chi connectivity index (χ1n) is 6.09. The summed E-state index contributed by atoms with van der Waals surface area (Å²) >= 11 is 0. The van der Waals surface area contributed by atoms with Gasteiger partial charge in [0.25, 0.3) is 0 Å². The molecule has 0 bridgehead atoms. The van der Waals surface area contributed by atoms with Crippen LogP contribution in [0.25, 0.3) is 0 Å². The van der Waals surface area contributed by atoms with Gasteiger partial charge in [-0.05, 0) is 12.8 Å². The molecule has 1 N–H and O–H groups in total. The molecule has 0 aromatic heterocycles. The van der Waals surface area contributed by atoms with E-state index in [1.165, 1.54) is 13.2 Å². The Labute approximate surface area is 111 Å². The van der Waals surface area contributed by atoms with Crippen LogP contribution in [-0.4, -0.2) is 36.7 Å². The number of ether oxygens (including phenoxy) is 2. The van der Waals surface area contributed by atoms with E-state index in [2.05, 4.69) is 4.74 Å². The van der Waals surface area contributed by atoms with Gasteiger partial charge in [0, 0.05) is 0 Å². The number of carbonyl (C=O) groups excluding carboxylic acids is 2. The molecule has 6 heteroatoms. The van der Waals surface area contributed by atoms with Crippen LogP contribution in [0.3, 0.4) is 0 Å². The molecule has 19 heavy (non-hydrogen) atoms. The van der Waals surface area contributed by atoms with Crippen molar-refractivity contribution in [3.05, 3.63) is 12.2 Å². The minimum absolute atomic E-state index is 0.178. The van der Waals surface area contributed by atoms with Crippen LogP contribution in [0.1, 0.15) is 13.8 Å². The lowest BCUT2D eigenvalue weighted by Crippen LogP contribution is -2.44. The molecule has 0 aliphatic heterocycles. The lowest BCUT2D eigenvalue weighted by Gasteiger charge is -2.33. The summed E-state index contributed by atoms with van der Waals surface area (Å²) in [5.74, 6) is -5.67. The van der Waals surface area contributed by atoms with E-state index in [-0.39, 0.29) is 12.5 Å². The third kappa shape index (κ3) is 3.13. The topological polar surface area (TPSA) is 89.9 Å². The maximum atomic E-state index is 12.0. The number of carboxylic acids is 1. The van der Waals surface area contributed by atoms with Gasteiger partial charge in [-0.1, -0.05) is 19.1 Å². The van der Waals surface area contributed by atoms with Gasteiger partial charge in [0.05, 0.1) is 31.5 Å². The fourth-order valence-corrected chi connectivity index (χ4v) is 2.35. The molecule has 4 atom stereocenters. The molecule has 0 radical (unpaired) electrons. The number of rotatable bonds is 4. The van der Waals surface area contributed by atoms with Gasteiger partial charge in [-0.15, -0.1) is 0 Å². The van der Waals surface area contributed by atoms with Crippen molar-refractivity contribution in [3.63, 3.8) is 0 Å². The SMILES string of the molecule is CCOC(=O)C1C(C)C=CC(C(=O)O)C1C(=O)OC. The summed E-state index contributed by atoms with van der Waals surface area (Å²) in [4.78, 5) is 35.0. The summed E-state index contributed by atoms with van der Waals surface area (Å²) in [6.45, 7) is 3.58. The Bertz CT molecular complexity index is 400. The quantitative estimate of drug-likeness (QED) is 0.602. The van der Waals surface area contributed by atoms with Crippen molar-refractivity contribution in [3.8, 4) is 0 Å². The molecule has 0 amide bonds. The van der Waals surface area contributed by atoms with E-state index in [1.807, 2.05) is 0 Å². The number of aliphatic carboxylic acids is 1. The third-order valence-electron chi connectivity index (χ3n) is 3.28. The lowest BCUT2D eigenvalue weighted by molar-refractivity contribution is -0.166. The zero-order valence-corrected chi connectivity index (χ0v) is 11.2. The standard InChI is InChI=1S/C13H18O6/c1-4-19-13(17)9-7(2)5-6-8(11(14)15)10(9)12(16)18-3/h5-10H,4H2,1-3H3,(H,14,15). The summed E-state index contributed by atoms with van der Waals surface area (Å²) in [5, 5.41) is 9.16. The second-order valence-corrected chi connectivity index (χ2v) is 4.43. The van der Waals surface area contributed by atoms with E-state index in [0.29, 0.717) is 0 Å². The average Bonchev–Trinajstić information content (AvgIpc) is 2.37. The van der Waals surface area contributed by atoms with E-state index < -0.39 is 35.7 Å². The van der Waals surface area contributed by atoms with Crippen LogP contribution in [0, 0.1) is 23.7 Å². The molecular weight excluding hydrogens is 252 g/mol. The van der Waals surface area contributed by atoms with Crippen LogP contribution in [0.4, 0.5) is 0 Å². The summed E-state index contributed by atoms with van der Waals surface area (Å²) in [7, 11) is 1.17. The Balaban J connectivity index is 3.15. The van der Waals surface area contributed by atoms with Gasteiger partial charge in [-0.25, -0.2) is 0 Å². The molecule has 106 valence electrons. The zero-order valence-electron chi connectivity index (χ0n) is 11.2. The summed E-state index contributed by atoms with van der Waals surface area (Å²) in [6, 6.07) is 0. The van der Waals surface area contributed by atoms with E-state index in [9.17, 15) is 14.4 Å². The van der Waals surface area contributed by atoms with Crippen LogP contribution in [0.15, 0.2) is 12.2 Å². The van der Waals surface area contributed by atoms with Crippen LogP contribution >= 0.6 is 0 Å². The van der Waals surface area contributed by atoms with Crippen LogP contribution in [-0.2, 0) is 23.9 Å². The predicted molar refractivity (Wildman–Crippen MR) is 65.1 cm³/mol. The molecule has 0 fully saturated rings. The number of allylic oxidation sites excluding steroid dienone is 1. The second kappa shape index (κ2) is 6.36. The van der Waals surface area contributed by atoms with Gasteiger partial charge in [-0.2, -0.15) is 0 Å². The minimum Gasteiger partial charge on any atom is -0.481 e. The van der Waals surface area contributed by atoms with Crippen LogP contribution < -0.4 is 0 Å². The smallest absolute Gasteiger partial charge is 0.311 e. The first-order valence-corrected chi connectivity index (χ1v) is 6.09. The van der Waals surface area contributed by atoms with Crippen molar-refractivity contribution in [1.29, 1.82) is 0 Å². The Kier molecular flexibility index (Phi) is 5.09. The van der Waals surface area contributed by atoms with Gasteiger partial charge in [-0.3, -0.25) is 14.4 Å². The fourth-order valence-electron chi connectivity index (χ4n) is 2.35. The molecule has 6 nitrogen and oxygen atoms in total. The van der Waals surface area contributed by atoms with E-state index in [0.717, 1.165) is 0 Å². The van der Waals surface area contributed by atoms with Crippen molar-refractivity contribution < 1.29 is 29.0 Å². The number of carboxylic acid groups (broad SMARTS) is 1. The van der Waals surface area contributed by atoms with E-state index in [1.54, 1.807) is 19.9 Å². The highest BCUT2D eigenvalue weighted by Gasteiger charge is 2.47.